The van der Waals surface area contributed by atoms with Gasteiger partial charge in [-0.05, 0) is 35.9 Å². The van der Waals surface area contributed by atoms with E-state index in [0.717, 1.165) is 40.9 Å². The molecule has 0 unspecified atom stereocenters. The number of benzene rings is 3. The molecule has 0 radical (unpaired) electrons. The van der Waals surface area contributed by atoms with Gasteiger partial charge in [0, 0.05) is 55.4 Å². The van der Waals surface area contributed by atoms with Crippen molar-refractivity contribution in [2.24, 2.45) is 7.05 Å². The van der Waals surface area contributed by atoms with Gasteiger partial charge in [-0.2, -0.15) is 0 Å². The number of fused-ring (bicyclic) bond motifs is 3. The van der Waals surface area contributed by atoms with Crippen molar-refractivity contribution in [3.05, 3.63) is 95.7 Å². The van der Waals surface area contributed by atoms with Gasteiger partial charge in [-0.1, -0.05) is 48.5 Å². The molecule has 2 aliphatic rings. The number of aryl methyl sites for hydroxylation is 1. The lowest BCUT2D eigenvalue weighted by atomic mass is 9.98. The van der Waals surface area contributed by atoms with Gasteiger partial charge in [-0.15, -0.1) is 0 Å². The lowest BCUT2D eigenvalue weighted by Crippen LogP contribution is -2.51. The van der Waals surface area contributed by atoms with Crippen LogP contribution in [0.25, 0.3) is 10.9 Å². The summed E-state index contributed by atoms with van der Waals surface area (Å²) in [7, 11) is 3.57. The first-order valence-corrected chi connectivity index (χ1v) is 12.7. The molecule has 0 N–H and O–H groups in total. The van der Waals surface area contributed by atoms with E-state index in [9.17, 15) is 9.59 Å². The molecule has 0 aliphatic carbocycles. The van der Waals surface area contributed by atoms with E-state index in [-0.39, 0.29) is 24.4 Å². The van der Waals surface area contributed by atoms with Crippen LogP contribution in [0.15, 0.2) is 78.9 Å². The van der Waals surface area contributed by atoms with E-state index in [1.807, 2.05) is 77.2 Å². The Bertz CT molecular complexity index is 1450. The molecule has 2 amide bonds. The minimum Gasteiger partial charge on any atom is -0.497 e. The van der Waals surface area contributed by atoms with E-state index in [0.29, 0.717) is 18.8 Å². The Morgan fingerprint density at radius 2 is 1.57 bits per heavy atom. The zero-order chi connectivity index (χ0) is 25.5. The summed E-state index contributed by atoms with van der Waals surface area (Å²) in [5.41, 5.74) is 4.78. The number of nitrogens with zero attached hydrogens (tertiary/aromatic N) is 4. The second-order valence-corrected chi connectivity index (χ2v) is 9.65. The van der Waals surface area contributed by atoms with Crippen LogP contribution < -0.4 is 9.64 Å². The van der Waals surface area contributed by atoms with E-state index in [4.69, 9.17) is 4.74 Å². The van der Waals surface area contributed by atoms with Gasteiger partial charge >= 0.3 is 0 Å². The van der Waals surface area contributed by atoms with Crippen LogP contribution >= 0.6 is 0 Å². The molecule has 188 valence electrons. The molecule has 0 bridgehead atoms. The summed E-state index contributed by atoms with van der Waals surface area (Å²) < 4.78 is 7.32. The maximum atomic E-state index is 13.9. The molecule has 1 atom stereocenters. The summed E-state index contributed by atoms with van der Waals surface area (Å²) >= 11 is 0. The van der Waals surface area contributed by atoms with E-state index in [2.05, 4.69) is 23.1 Å². The zero-order valence-corrected chi connectivity index (χ0v) is 21.1. The fourth-order valence-electron chi connectivity index (χ4n) is 5.76. The van der Waals surface area contributed by atoms with Crippen LogP contribution in [0.2, 0.25) is 0 Å². The van der Waals surface area contributed by atoms with E-state index < -0.39 is 0 Å². The third-order valence-corrected chi connectivity index (χ3v) is 7.69. The van der Waals surface area contributed by atoms with Crippen molar-refractivity contribution in [2.75, 3.05) is 44.7 Å². The molecule has 0 spiro atoms. The molecule has 1 fully saturated rings. The van der Waals surface area contributed by atoms with Crippen molar-refractivity contribution < 1.29 is 14.3 Å². The fourth-order valence-corrected chi connectivity index (χ4v) is 5.76. The molecule has 1 aromatic heterocycles. The first-order chi connectivity index (χ1) is 18.1. The largest absolute Gasteiger partial charge is 0.497 e. The van der Waals surface area contributed by atoms with Crippen LogP contribution in [0.1, 0.15) is 27.7 Å². The quantitative estimate of drug-likeness (QED) is 0.420. The summed E-state index contributed by atoms with van der Waals surface area (Å²) in [4.78, 5) is 33.3. The molecular formula is C30H30N4O3. The minimum absolute atomic E-state index is 0.0170. The first kappa shape index (κ1) is 23.2. The predicted molar refractivity (Wildman–Crippen MR) is 144 cm³/mol. The molecule has 37 heavy (non-hydrogen) atoms. The van der Waals surface area contributed by atoms with Crippen molar-refractivity contribution in [2.45, 2.75) is 6.04 Å². The lowest BCUT2D eigenvalue weighted by molar-refractivity contribution is -0.132. The Labute approximate surface area is 216 Å². The van der Waals surface area contributed by atoms with Gasteiger partial charge in [0.2, 0.25) is 5.91 Å². The fraction of sp³-hybridized carbons (Fsp3) is 0.267. The topological polar surface area (TPSA) is 58.0 Å². The van der Waals surface area contributed by atoms with Gasteiger partial charge in [-0.25, -0.2) is 0 Å². The smallest absolute Gasteiger partial charge is 0.272 e. The molecule has 2 aliphatic heterocycles. The van der Waals surface area contributed by atoms with Gasteiger partial charge in [0.15, 0.2) is 0 Å². The molecule has 7 heteroatoms. The number of ether oxygens (including phenoxy) is 1. The highest BCUT2D eigenvalue weighted by atomic mass is 16.5. The van der Waals surface area contributed by atoms with Gasteiger partial charge in [-0.3, -0.25) is 9.59 Å². The SMILES string of the molecule is COc1ccc([C@H]2c3c(n(C)c4ccccc34)C(=O)N2CC(=O)N2CCN(c3ccccc3)CC2)cc1. The maximum absolute atomic E-state index is 13.9. The Balaban J connectivity index is 1.29. The summed E-state index contributed by atoms with van der Waals surface area (Å²) in [6.07, 6.45) is 0. The summed E-state index contributed by atoms with van der Waals surface area (Å²) in [6, 6.07) is 25.8. The number of rotatable bonds is 5. The molecule has 0 saturated carbocycles. The number of piperazine rings is 1. The van der Waals surface area contributed by atoms with Crippen molar-refractivity contribution in [1.29, 1.82) is 0 Å². The number of amides is 2. The molecule has 3 aromatic carbocycles. The second kappa shape index (κ2) is 9.32. The van der Waals surface area contributed by atoms with Crippen molar-refractivity contribution in [3.63, 3.8) is 0 Å². The minimum atomic E-state index is -0.339. The Morgan fingerprint density at radius 3 is 2.27 bits per heavy atom. The lowest BCUT2D eigenvalue weighted by Gasteiger charge is -2.37. The number of para-hydroxylation sites is 2. The molecule has 3 heterocycles. The number of carbonyl (C=O) groups is 2. The summed E-state index contributed by atoms with van der Waals surface area (Å²) in [5, 5.41) is 1.04. The van der Waals surface area contributed by atoms with E-state index >= 15 is 0 Å². The van der Waals surface area contributed by atoms with Crippen molar-refractivity contribution in [3.8, 4) is 5.75 Å². The van der Waals surface area contributed by atoms with Gasteiger partial charge in [0.05, 0.1) is 13.2 Å². The predicted octanol–water partition coefficient (Wildman–Crippen LogP) is 4.08. The third-order valence-electron chi connectivity index (χ3n) is 7.69. The highest BCUT2D eigenvalue weighted by Crippen LogP contribution is 2.44. The van der Waals surface area contributed by atoms with Crippen LogP contribution in [0.3, 0.4) is 0 Å². The molecular weight excluding hydrogens is 464 g/mol. The van der Waals surface area contributed by atoms with Gasteiger partial charge < -0.3 is 24.0 Å². The van der Waals surface area contributed by atoms with Crippen LogP contribution in [0, 0.1) is 0 Å². The number of aromatic nitrogens is 1. The van der Waals surface area contributed by atoms with E-state index in [1.54, 1.807) is 12.0 Å². The monoisotopic (exact) mass is 494 g/mol. The van der Waals surface area contributed by atoms with Crippen LogP contribution in [0.4, 0.5) is 5.69 Å². The second-order valence-electron chi connectivity index (χ2n) is 9.65. The van der Waals surface area contributed by atoms with E-state index in [1.165, 1.54) is 5.69 Å². The molecule has 1 saturated heterocycles. The highest BCUT2D eigenvalue weighted by Gasteiger charge is 2.43. The number of hydrogen-bond donors (Lipinski definition) is 0. The standard InChI is InChI=1S/C30H30N4O3/c1-31-25-11-7-6-10-24(25)27-28(21-12-14-23(37-2)15-13-21)34(30(36)29(27)31)20-26(35)33-18-16-32(17-19-33)22-8-4-3-5-9-22/h3-15,28H,16-20H2,1-2H3/t28-/m0/s1. The average molecular weight is 495 g/mol. The van der Waals surface area contributed by atoms with Crippen LogP contribution in [-0.2, 0) is 11.8 Å². The number of hydrogen-bond acceptors (Lipinski definition) is 4. The number of carbonyl (C=O) groups excluding carboxylic acids is 2. The average Bonchev–Trinajstić information content (AvgIpc) is 3.41. The van der Waals surface area contributed by atoms with Crippen molar-refractivity contribution in [1.82, 2.24) is 14.4 Å². The van der Waals surface area contributed by atoms with Crippen LogP contribution in [-0.4, -0.2) is 66.0 Å². The first-order valence-electron chi connectivity index (χ1n) is 12.7. The Morgan fingerprint density at radius 1 is 0.892 bits per heavy atom. The highest BCUT2D eigenvalue weighted by molar-refractivity contribution is 6.07. The number of methoxy groups -OCH3 is 1. The molecule has 6 rings (SSSR count). The third kappa shape index (κ3) is 3.91. The Kier molecular flexibility index (Phi) is 5.83. The molecule has 7 nitrogen and oxygen atoms in total. The normalized spacial score (nSPS) is 17.4. The summed E-state index contributed by atoms with van der Waals surface area (Å²) in [5.74, 6) is 0.632. The number of anilines is 1. The maximum Gasteiger partial charge on any atom is 0.272 e. The zero-order valence-electron chi connectivity index (χ0n) is 21.1. The Hall–Kier alpha value is -4.26. The van der Waals surface area contributed by atoms with Gasteiger partial charge in [0.1, 0.15) is 18.0 Å². The van der Waals surface area contributed by atoms with Gasteiger partial charge in [0.25, 0.3) is 5.91 Å². The van der Waals surface area contributed by atoms with Crippen molar-refractivity contribution >= 4 is 28.4 Å². The summed E-state index contributed by atoms with van der Waals surface area (Å²) in [6.45, 7) is 2.87. The van der Waals surface area contributed by atoms with Crippen LogP contribution in [0.5, 0.6) is 5.75 Å². The molecule has 4 aromatic rings.